The van der Waals surface area contributed by atoms with E-state index in [1.807, 2.05) is 35.9 Å². The summed E-state index contributed by atoms with van der Waals surface area (Å²) >= 11 is 8.55. The Kier molecular flexibility index (Phi) is 4.50. The Balaban J connectivity index is 2.42. The molecule has 96 valence electrons. The fraction of sp³-hybridized carbons (Fsp3) is 0.308. The van der Waals surface area contributed by atoms with Crippen molar-refractivity contribution in [3.8, 4) is 5.69 Å². The van der Waals surface area contributed by atoms with E-state index in [-0.39, 0.29) is 0 Å². The number of nitrogens with zero attached hydrogens (tertiary/aromatic N) is 2. The van der Waals surface area contributed by atoms with E-state index < -0.39 is 0 Å². The fourth-order valence-corrected chi connectivity index (χ4v) is 2.67. The van der Waals surface area contributed by atoms with Crippen LogP contribution in [-0.4, -0.2) is 16.1 Å². The number of imidazole rings is 1. The van der Waals surface area contributed by atoms with Crippen LogP contribution in [0.1, 0.15) is 19.0 Å². The second-order valence-electron chi connectivity index (χ2n) is 4.10. The number of hydrogen-bond donors (Lipinski definition) is 1. The zero-order valence-electron chi connectivity index (χ0n) is 10.4. The molecule has 1 aromatic heterocycles. The molecule has 0 amide bonds. The summed E-state index contributed by atoms with van der Waals surface area (Å²) in [6.07, 6.45) is 3.05. The van der Waals surface area contributed by atoms with Crippen molar-refractivity contribution in [3.63, 3.8) is 0 Å². The third-order valence-corrected chi connectivity index (χ3v) is 3.50. The zero-order chi connectivity index (χ0) is 13.1. The SMILES string of the molecule is CCCNc1nc(C)cn1-c1ccc(I)cc1Cl. The van der Waals surface area contributed by atoms with Gasteiger partial charge in [-0.3, -0.25) is 4.57 Å². The predicted molar refractivity (Wildman–Crippen MR) is 84.8 cm³/mol. The fourth-order valence-electron chi connectivity index (χ4n) is 1.72. The number of hydrogen-bond acceptors (Lipinski definition) is 2. The summed E-state index contributed by atoms with van der Waals surface area (Å²) in [4.78, 5) is 4.48. The van der Waals surface area contributed by atoms with Gasteiger partial charge in [-0.25, -0.2) is 4.98 Å². The van der Waals surface area contributed by atoms with Gasteiger partial charge in [-0.05, 0) is 54.1 Å². The first-order valence-electron chi connectivity index (χ1n) is 5.87. The van der Waals surface area contributed by atoms with Crippen LogP contribution in [0, 0.1) is 10.5 Å². The molecule has 0 aliphatic carbocycles. The number of anilines is 1. The molecular weight excluding hydrogens is 361 g/mol. The Hall–Kier alpha value is -0.750. The van der Waals surface area contributed by atoms with E-state index in [2.05, 4.69) is 39.8 Å². The zero-order valence-corrected chi connectivity index (χ0v) is 13.3. The van der Waals surface area contributed by atoms with Crippen LogP contribution >= 0.6 is 34.2 Å². The number of benzene rings is 1. The summed E-state index contributed by atoms with van der Waals surface area (Å²) in [6.45, 7) is 5.01. The third kappa shape index (κ3) is 2.98. The Bertz CT molecular complexity index is 551. The molecule has 0 bridgehead atoms. The highest BCUT2D eigenvalue weighted by Gasteiger charge is 2.10. The van der Waals surface area contributed by atoms with Crippen molar-refractivity contribution in [3.05, 3.63) is 38.7 Å². The molecule has 0 unspecified atom stereocenters. The maximum absolute atomic E-state index is 6.30. The first-order chi connectivity index (χ1) is 8.61. The van der Waals surface area contributed by atoms with Crippen LogP contribution in [0.4, 0.5) is 5.95 Å². The number of nitrogens with one attached hydrogen (secondary N) is 1. The van der Waals surface area contributed by atoms with Crippen LogP contribution in [-0.2, 0) is 0 Å². The summed E-state index contributed by atoms with van der Waals surface area (Å²) in [6, 6.07) is 6.01. The summed E-state index contributed by atoms with van der Waals surface area (Å²) < 4.78 is 3.13. The second kappa shape index (κ2) is 5.93. The van der Waals surface area contributed by atoms with Gasteiger partial charge in [-0.1, -0.05) is 18.5 Å². The maximum atomic E-state index is 6.30. The van der Waals surface area contributed by atoms with Crippen molar-refractivity contribution < 1.29 is 0 Å². The Labute approximate surface area is 126 Å². The first kappa shape index (κ1) is 13.7. The predicted octanol–water partition coefficient (Wildman–Crippen LogP) is 4.26. The van der Waals surface area contributed by atoms with Gasteiger partial charge in [-0.2, -0.15) is 0 Å². The Morgan fingerprint density at radius 3 is 2.89 bits per heavy atom. The summed E-state index contributed by atoms with van der Waals surface area (Å²) in [5.74, 6) is 0.845. The molecule has 2 aromatic rings. The highest BCUT2D eigenvalue weighted by atomic mass is 127. The lowest BCUT2D eigenvalue weighted by atomic mass is 10.3. The van der Waals surface area contributed by atoms with Gasteiger partial charge in [0.05, 0.1) is 16.4 Å². The molecule has 0 aliphatic heterocycles. The molecule has 0 saturated carbocycles. The topological polar surface area (TPSA) is 29.9 Å². The van der Waals surface area contributed by atoms with E-state index in [0.717, 1.165) is 38.9 Å². The molecule has 0 fully saturated rings. The average molecular weight is 376 g/mol. The van der Waals surface area contributed by atoms with Gasteiger partial charge in [0, 0.05) is 16.3 Å². The van der Waals surface area contributed by atoms with Crippen LogP contribution in [0.2, 0.25) is 5.02 Å². The molecule has 0 atom stereocenters. The number of halogens is 2. The van der Waals surface area contributed by atoms with Gasteiger partial charge < -0.3 is 5.32 Å². The molecule has 0 radical (unpaired) electrons. The summed E-state index contributed by atoms with van der Waals surface area (Å²) in [5.41, 5.74) is 1.93. The maximum Gasteiger partial charge on any atom is 0.207 e. The van der Waals surface area contributed by atoms with E-state index >= 15 is 0 Å². The molecule has 18 heavy (non-hydrogen) atoms. The second-order valence-corrected chi connectivity index (χ2v) is 5.75. The van der Waals surface area contributed by atoms with E-state index in [1.165, 1.54) is 0 Å². The molecule has 0 saturated heterocycles. The smallest absolute Gasteiger partial charge is 0.207 e. The minimum atomic E-state index is 0.735. The van der Waals surface area contributed by atoms with E-state index in [4.69, 9.17) is 11.6 Å². The van der Waals surface area contributed by atoms with Crippen molar-refractivity contribution in [1.82, 2.24) is 9.55 Å². The van der Waals surface area contributed by atoms with Crippen LogP contribution in [0.3, 0.4) is 0 Å². The number of aryl methyl sites for hydroxylation is 1. The standard InChI is InChI=1S/C13H15ClIN3/c1-3-6-16-13-17-9(2)8-18(13)12-5-4-10(15)7-11(12)14/h4-5,7-8H,3,6H2,1-2H3,(H,16,17). The number of aromatic nitrogens is 2. The molecule has 0 aliphatic rings. The lowest BCUT2D eigenvalue weighted by Gasteiger charge is -2.10. The largest absolute Gasteiger partial charge is 0.355 e. The molecule has 5 heteroatoms. The van der Waals surface area contributed by atoms with Crippen LogP contribution in [0.5, 0.6) is 0 Å². The Morgan fingerprint density at radius 1 is 1.44 bits per heavy atom. The molecule has 1 aromatic carbocycles. The lowest BCUT2D eigenvalue weighted by Crippen LogP contribution is -2.07. The van der Waals surface area contributed by atoms with Crippen molar-refractivity contribution >= 4 is 40.1 Å². The van der Waals surface area contributed by atoms with Crippen molar-refractivity contribution in [2.24, 2.45) is 0 Å². The van der Waals surface area contributed by atoms with Gasteiger partial charge in [0.2, 0.25) is 5.95 Å². The molecule has 1 N–H and O–H groups in total. The highest BCUT2D eigenvalue weighted by Crippen LogP contribution is 2.26. The molecule has 2 rings (SSSR count). The van der Waals surface area contributed by atoms with Crippen molar-refractivity contribution in [2.45, 2.75) is 20.3 Å². The first-order valence-corrected chi connectivity index (χ1v) is 7.32. The molecule has 0 spiro atoms. The normalized spacial score (nSPS) is 10.7. The average Bonchev–Trinajstić information content (AvgIpc) is 2.67. The number of rotatable bonds is 4. The summed E-state index contributed by atoms with van der Waals surface area (Å²) in [5, 5.41) is 4.05. The van der Waals surface area contributed by atoms with Gasteiger partial charge in [-0.15, -0.1) is 0 Å². The summed E-state index contributed by atoms with van der Waals surface area (Å²) in [7, 11) is 0. The minimum Gasteiger partial charge on any atom is -0.355 e. The monoisotopic (exact) mass is 375 g/mol. The van der Waals surface area contributed by atoms with Crippen LogP contribution in [0.25, 0.3) is 5.69 Å². The quantitative estimate of drug-likeness (QED) is 0.809. The molecule has 3 nitrogen and oxygen atoms in total. The minimum absolute atomic E-state index is 0.735. The van der Waals surface area contributed by atoms with Crippen LogP contribution in [0.15, 0.2) is 24.4 Å². The van der Waals surface area contributed by atoms with Gasteiger partial charge >= 0.3 is 0 Å². The van der Waals surface area contributed by atoms with Crippen molar-refractivity contribution in [1.29, 1.82) is 0 Å². The van der Waals surface area contributed by atoms with Gasteiger partial charge in [0.25, 0.3) is 0 Å². The lowest BCUT2D eigenvalue weighted by molar-refractivity contribution is 0.936. The van der Waals surface area contributed by atoms with Crippen LogP contribution < -0.4 is 5.32 Å². The van der Waals surface area contributed by atoms with E-state index in [9.17, 15) is 0 Å². The molecular formula is C13H15ClIN3. The molecule has 1 heterocycles. The van der Waals surface area contributed by atoms with E-state index in [1.54, 1.807) is 0 Å². The van der Waals surface area contributed by atoms with Crippen molar-refractivity contribution in [2.75, 3.05) is 11.9 Å². The van der Waals surface area contributed by atoms with Gasteiger partial charge in [0.15, 0.2) is 0 Å². The third-order valence-electron chi connectivity index (χ3n) is 2.53. The highest BCUT2D eigenvalue weighted by molar-refractivity contribution is 14.1. The Morgan fingerprint density at radius 2 is 2.22 bits per heavy atom. The van der Waals surface area contributed by atoms with Gasteiger partial charge in [0.1, 0.15) is 0 Å². The van der Waals surface area contributed by atoms with E-state index in [0.29, 0.717) is 0 Å².